The van der Waals surface area contributed by atoms with E-state index in [1.807, 2.05) is 61.5 Å². The molecule has 0 saturated carbocycles. The molecule has 6 nitrogen and oxygen atoms in total. The van der Waals surface area contributed by atoms with Gasteiger partial charge in [-0.2, -0.15) is 4.68 Å². The first-order valence-corrected chi connectivity index (χ1v) is 7.84. The lowest BCUT2D eigenvalue weighted by Crippen LogP contribution is -2.28. The lowest BCUT2D eigenvalue weighted by Gasteiger charge is -2.10. The highest BCUT2D eigenvalue weighted by Crippen LogP contribution is 2.12. The fraction of sp³-hybridized carbons (Fsp3) is 0.0526. The Morgan fingerprint density at radius 1 is 0.920 bits per heavy atom. The number of para-hydroxylation sites is 1. The average Bonchev–Trinajstić information content (AvgIpc) is 3.15. The zero-order chi connectivity index (χ0) is 17.2. The third-order valence-electron chi connectivity index (χ3n) is 3.92. The molecular weight excluding hydrogens is 314 g/mol. The smallest absolute Gasteiger partial charge is 0.267 e. The number of aryl methyl sites for hydroxylation is 1. The van der Waals surface area contributed by atoms with E-state index in [0.717, 1.165) is 5.56 Å². The summed E-state index contributed by atoms with van der Waals surface area (Å²) in [6, 6.07) is 15.4. The molecule has 0 N–H and O–H groups in total. The molecule has 6 heteroatoms. The van der Waals surface area contributed by atoms with Crippen molar-refractivity contribution in [2.45, 2.75) is 6.92 Å². The SMILES string of the molecule is Cc1ccc(C=Cc2nc3ccccc3c(=O)n2-n2cnnc2)cc1. The summed E-state index contributed by atoms with van der Waals surface area (Å²) in [7, 11) is 0. The van der Waals surface area contributed by atoms with Crippen LogP contribution in [0.3, 0.4) is 0 Å². The van der Waals surface area contributed by atoms with Gasteiger partial charge in [0, 0.05) is 0 Å². The Bertz CT molecular complexity index is 1110. The van der Waals surface area contributed by atoms with Gasteiger partial charge in [0.15, 0.2) is 5.82 Å². The second-order valence-electron chi connectivity index (χ2n) is 5.69. The molecule has 4 rings (SSSR count). The van der Waals surface area contributed by atoms with Crippen LogP contribution < -0.4 is 5.56 Å². The molecule has 0 bridgehead atoms. The Morgan fingerprint density at radius 2 is 1.64 bits per heavy atom. The number of hydrogen-bond donors (Lipinski definition) is 0. The second kappa shape index (κ2) is 6.16. The molecule has 2 aromatic carbocycles. The number of nitrogens with zero attached hydrogens (tertiary/aromatic N) is 5. The van der Waals surface area contributed by atoms with Crippen LogP contribution >= 0.6 is 0 Å². The summed E-state index contributed by atoms with van der Waals surface area (Å²) < 4.78 is 2.98. The standard InChI is InChI=1S/C19H15N5O/c1-14-6-8-15(9-7-14)10-11-18-22-17-5-3-2-4-16(17)19(25)24(18)23-12-20-21-13-23/h2-13H,1H3. The first kappa shape index (κ1) is 15.0. The highest BCUT2D eigenvalue weighted by Gasteiger charge is 2.10. The van der Waals surface area contributed by atoms with E-state index in [9.17, 15) is 4.79 Å². The van der Waals surface area contributed by atoms with Crippen LogP contribution in [-0.4, -0.2) is 24.5 Å². The van der Waals surface area contributed by atoms with Crippen LogP contribution in [0.2, 0.25) is 0 Å². The van der Waals surface area contributed by atoms with Crippen LogP contribution in [-0.2, 0) is 0 Å². The fourth-order valence-corrected chi connectivity index (χ4v) is 2.62. The maximum atomic E-state index is 12.9. The minimum atomic E-state index is -0.172. The summed E-state index contributed by atoms with van der Waals surface area (Å²) in [6.07, 6.45) is 6.69. The van der Waals surface area contributed by atoms with Crippen molar-refractivity contribution in [2.75, 3.05) is 0 Å². The Labute approximate surface area is 143 Å². The number of aromatic nitrogens is 5. The molecule has 2 aromatic heterocycles. The molecular formula is C19H15N5O. The average molecular weight is 329 g/mol. The normalized spacial score (nSPS) is 11.4. The molecule has 0 amide bonds. The van der Waals surface area contributed by atoms with Gasteiger partial charge in [0.05, 0.1) is 10.9 Å². The van der Waals surface area contributed by atoms with Crippen LogP contribution in [0.4, 0.5) is 0 Å². The van der Waals surface area contributed by atoms with Crippen molar-refractivity contribution in [1.82, 2.24) is 24.5 Å². The minimum absolute atomic E-state index is 0.172. The predicted molar refractivity (Wildman–Crippen MR) is 96.9 cm³/mol. The first-order valence-electron chi connectivity index (χ1n) is 7.84. The highest BCUT2D eigenvalue weighted by molar-refractivity contribution is 5.79. The first-order chi connectivity index (χ1) is 12.2. The molecule has 122 valence electrons. The van der Waals surface area contributed by atoms with Crippen molar-refractivity contribution >= 4 is 23.1 Å². The van der Waals surface area contributed by atoms with E-state index in [-0.39, 0.29) is 5.56 Å². The Balaban J connectivity index is 1.91. The van der Waals surface area contributed by atoms with E-state index in [4.69, 9.17) is 0 Å². The Kier molecular flexibility index (Phi) is 3.70. The molecule has 0 atom stereocenters. The molecule has 0 aliphatic heterocycles. The van der Waals surface area contributed by atoms with Gasteiger partial charge in [-0.25, -0.2) is 9.66 Å². The lowest BCUT2D eigenvalue weighted by molar-refractivity contribution is 0.613. The van der Waals surface area contributed by atoms with Crippen molar-refractivity contribution in [3.63, 3.8) is 0 Å². The maximum Gasteiger partial charge on any atom is 0.281 e. The molecule has 4 aromatic rings. The number of hydrogen-bond acceptors (Lipinski definition) is 4. The van der Waals surface area contributed by atoms with Crippen LogP contribution in [0.1, 0.15) is 17.0 Å². The van der Waals surface area contributed by atoms with Gasteiger partial charge in [-0.05, 0) is 30.7 Å². The van der Waals surface area contributed by atoms with E-state index < -0.39 is 0 Å². The molecule has 0 fully saturated rings. The molecule has 0 aliphatic carbocycles. The van der Waals surface area contributed by atoms with Gasteiger partial charge >= 0.3 is 0 Å². The van der Waals surface area contributed by atoms with Crippen molar-refractivity contribution in [2.24, 2.45) is 0 Å². The summed E-state index contributed by atoms with van der Waals surface area (Å²) in [5.41, 5.74) is 2.71. The van der Waals surface area contributed by atoms with E-state index in [1.165, 1.54) is 27.6 Å². The van der Waals surface area contributed by atoms with Crippen LogP contribution in [0.15, 0.2) is 66.0 Å². The number of fused-ring (bicyclic) bond motifs is 1. The van der Waals surface area contributed by atoms with Crippen molar-refractivity contribution in [1.29, 1.82) is 0 Å². The summed E-state index contributed by atoms with van der Waals surface area (Å²) in [4.78, 5) is 17.5. The minimum Gasteiger partial charge on any atom is -0.267 e. The summed E-state index contributed by atoms with van der Waals surface area (Å²) in [6.45, 7) is 2.04. The lowest BCUT2D eigenvalue weighted by atomic mass is 10.1. The zero-order valence-electron chi connectivity index (χ0n) is 13.6. The van der Waals surface area contributed by atoms with E-state index >= 15 is 0 Å². The molecule has 0 unspecified atom stereocenters. The second-order valence-corrected chi connectivity index (χ2v) is 5.69. The summed E-state index contributed by atoms with van der Waals surface area (Å²) >= 11 is 0. The summed E-state index contributed by atoms with van der Waals surface area (Å²) in [5, 5.41) is 8.13. The van der Waals surface area contributed by atoms with Gasteiger partial charge in [0.1, 0.15) is 12.7 Å². The topological polar surface area (TPSA) is 65.6 Å². The summed E-state index contributed by atoms with van der Waals surface area (Å²) in [5.74, 6) is 0.504. The van der Waals surface area contributed by atoms with Gasteiger partial charge in [0.2, 0.25) is 0 Å². The largest absolute Gasteiger partial charge is 0.281 e. The van der Waals surface area contributed by atoms with Crippen LogP contribution in [0, 0.1) is 6.92 Å². The van der Waals surface area contributed by atoms with E-state index in [0.29, 0.717) is 16.7 Å². The predicted octanol–water partition coefficient (Wildman–Crippen LogP) is 2.78. The van der Waals surface area contributed by atoms with Gasteiger partial charge in [-0.1, -0.05) is 48.0 Å². The van der Waals surface area contributed by atoms with Crippen molar-refractivity contribution < 1.29 is 0 Å². The van der Waals surface area contributed by atoms with Crippen molar-refractivity contribution in [3.05, 3.63) is 88.5 Å². The van der Waals surface area contributed by atoms with Crippen LogP contribution in [0.5, 0.6) is 0 Å². The quantitative estimate of drug-likeness (QED) is 0.580. The molecule has 25 heavy (non-hydrogen) atoms. The zero-order valence-corrected chi connectivity index (χ0v) is 13.6. The number of rotatable bonds is 3. The Hall–Kier alpha value is -3.54. The van der Waals surface area contributed by atoms with Crippen LogP contribution in [0.25, 0.3) is 23.1 Å². The molecule has 0 aliphatic rings. The van der Waals surface area contributed by atoms with E-state index in [1.54, 1.807) is 6.07 Å². The molecule has 0 radical (unpaired) electrons. The van der Waals surface area contributed by atoms with Gasteiger partial charge in [0.25, 0.3) is 5.56 Å². The van der Waals surface area contributed by atoms with Gasteiger partial charge in [-0.15, -0.1) is 10.2 Å². The molecule has 0 saturated heterocycles. The highest BCUT2D eigenvalue weighted by atomic mass is 16.1. The number of benzene rings is 2. The third kappa shape index (κ3) is 2.85. The van der Waals surface area contributed by atoms with Crippen molar-refractivity contribution in [3.8, 4) is 0 Å². The maximum absolute atomic E-state index is 12.9. The van der Waals surface area contributed by atoms with Gasteiger partial charge < -0.3 is 0 Å². The molecule has 0 spiro atoms. The van der Waals surface area contributed by atoms with Gasteiger partial charge in [-0.3, -0.25) is 4.79 Å². The van der Waals surface area contributed by atoms with E-state index in [2.05, 4.69) is 15.2 Å². The Morgan fingerprint density at radius 3 is 2.40 bits per heavy atom. The monoisotopic (exact) mass is 329 g/mol. The fourth-order valence-electron chi connectivity index (χ4n) is 2.62. The third-order valence-corrected chi connectivity index (χ3v) is 3.92. The molecule has 2 heterocycles.